The number of nitrogens with zero attached hydrogens (tertiary/aromatic N) is 2. The summed E-state index contributed by atoms with van der Waals surface area (Å²) in [5.74, 6) is -0.689. The molecule has 8 heteroatoms. The second-order valence-corrected chi connectivity index (χ2v) is 6.89. The molecule has 0 fully saturated rings. The molecule has 0 saturated carbocycles. The first kappa shape index (κ1) is 18.7. The minimum atomic E-state index is -0.344. The lowest BCUT2D eigenvalue weighted by molar-refractivity contribution is -0.115. The highest BCUT2D eigenvalue weighted by molar-refractivity contribution is 6.34. The van der Waals surface area contributed by atoms with Crippen LogP contribution in [0.3, 0.4) is 0 Å². The van der Waals surface area contributed by atoms with Crippen molar-refractivity contribution < 1.29 is 14.4 Å². The molecular formula is C19H19ClN4O3. The number of carbonyl (C=O) groups is 3. The number of halogens is 1. The van der Waals surface area contributed by atoms with E-state index in [1.165, 1.54) is 11.0 Å². The summed E-state index contributed by atoms with van der Waals surface area (Å²) in [6.07, 6.45) is 0. The van der Waals surface area contributed by atoms with Gasteiger partial charge in [0.05, 0.1) is 28.5 Å². The molecule has 0 saturated heterocycles. The van der Waals surface area contributed by atoms with Gasteiger partial charge in [-0.15, -0.1) is 0 Å². The summed E-state index contributed by atoms with van der Waals surface area (Å²) in [5.41, 5.74) is 2.67. The van der Waals surface area contributed by atoms with Gasteiger partial charge in [0.2, 0.25) is 5.91 Å². The number of carbonyl (C=O) groups excluding carboxylic acids is 3. The molecule has 140 valence electrons. The van der Waals surface area contributed by atoms with Crippen LogP contribution >= 0.6 is 11.6 Å². The maximum absolute atomic E-state index is 12.5. The molecule has 0 aliphatic carbocycles. The SMILES string of the molecule is CN(C)C(=O)c1ccc(NC(=O)c2ccc3c(c2)NC(=O)CN3C)cc1Cl. The number of hydrogen-bond acceptors (Lipinski definition) is 4. The number of nitrogens with one attached hydrogen (secondary N) is 2. The maximum atomic E-state index is 12.5. The van der Waals surface area contributed by atoms with Gasteiger partial charge in [-0.25, -0.2) is 0 Å². The topological polar surface area (TPSA) is 81.8 Å². The highest BCUT2D eigenvalue weighted by Crippen LogP contribution is 2.30. The molecule has 0 atom stereocenters. The van der Waals surface area contributed by atoms with E-state index < -0.39 is 0 Å². The third kappa shape index (κ3) is 3.88. The number of likely N-dealkylation sites (N-methyl/N-ethyl adjacent to an activating group) is 1. The molecular weight excluding hydrogens is 368 g/mol. The van der Waals surface area contributed by atoms with Crippen molar-refractivity contribution in [1.29, 1.82) is 0 Å². The Kier molecular flexibility index (Phi) is 5.05. The molecule has 2 aromatic rings. The molecule has 0 unspecified atom stereocenters. The van der Waals surface area contributed by atoms with Crippen molar-refractivity contribution in [2.75, 3.05) is 43.2 Å². The number of rotatable bonds is 3. The zero-order chi connectivity index (χ0) is 19.7. The summed E-state index contributed by atoms with van der Waals surface area (Å²) in [4.78, 5) is 39.5. The maximum Gasteiger partial charge on any atom is 0.255 e. The number of amides is 3. The molecule has 0 spiro atoms. The van der Waals surface area contributed by atoms with E-state index in [4.69, 9.17) is 11.6 Å². The van der Waals surface area contributed by atoms with Gasteiger partial charge < -0.3 is 20.4 Å². The van der Waals surface area contributed by atoms with Crippen LogP contribution in [0, 0.1) is 0 Å². The smallest absolute Gasteiger partial charge is 0.255 e. The van der Waals surface area contributed by atoms with Crippen molar-refractivity contribution >= 4 is 46.4 Å². The van der Waals surface area contributed by atoms with Crippen LogP contribution in [0.25, 0.3) is 0 Å². The minimum absolute atomic E-state index is 0.129. The molecule has 3 amide bonds. The molecule has 27 heavy (non-hydrogen) atoms. The van der Waals surface area contributed by atoms with Gasteiger partial charge in [-0.05, 0) is 36.4 Å². The van der Waals surface area contributed by atoms with Gasteiger partial charge in [-0.1, -0.05) is 11.6 Å². The van der Waals surface area contributed by atoms with Crippen LogP contribution < -0.4 is 15.5 Å². The highest BCUT2D eigenvalue weighted by atomic mass is 35.5. The third-order valence-electron chi connectivity index (χ3n) is 4.19. The summed E-state index contributed by atoms with van der Waals surface area (Å²) in [7, 11) is 5.09. The molecule has 0 bridgehead atoms. The molecule has 1 aliphatic rings. The van der Waals surface area contributed by atoms with Gasteiger partial charge in [0.25, 0.3) is 11.8 Å². The zero-order valence-electron chi connectivity index (χ0n) is 15.2. The van der Waals surface area contributed by atoms with Crippen molar-refractivity contribution in [1.82, 2.24) is 4.90 Å². The third-order valence-corrected chi connectivity index (χ3v) is 4.50. The second kappa shape index (κ2) is 7.28. The van der Waals surface area contributed by atoms with Crippen molar-refractivity contribution in [2.24, 2.45) is 0 Å². The van der Waals surface area contributed by atoms with Crippen LogP contribution in [0.1, 0.15) is 20.7 Å². The highest BCUT2D eigenvalue weighted by Gasteiger charge is 2.20. The normalized spacial score (nSPS) is 12.9. The standard InChI is InChI=1S/C19H19ClN4O3/c1-23(2)19(27)13-6-5-12(9-14(13)20)21-18(26)11-4-7-16-15(8-11)22-17(25)10-24(16)3/h4-9H,10H2,1-3H3,(H,21,26)(H,22,25). The second-order valence-electron chi connectivity index (χ2n) is 6.48. The van der Waals surface area contributed by atoms with Gasteiger partial charge in [-0.2, -0.15) is 0 Å². The van der Waals surface area contributed by atoms with Crippen molar-refractivity contribution in [3.05, 3.63) is 52.5 Å². The van der Waals surface area contributed by atoms with Crippen LogP contribution in [0.2, 0.25) is 5.02 Å². The summed E-state index contributed by atoms with van der Waals surface area (Å²) in [6.45, 7) is 0.273. The number of anilines is 3. The Morgan fingerprint density at radius 1 is 1.19 bits per heavy atom. The number of fused-ring (bicyclic) bond motifs is 1. The van der Waals surface area contributed by atoms with Crippen molar-refractivity contribution in [3.63, 3.8) is 0 Å². The minimum Gasteiger partial charge on any atom is -0.364 e. The van der Waals surface area contributed by atoms with Gasteiger partial charge in [-0.3, -0.25) is 14.4 Å². The largest absolute Gasteiger partial charge is 0.364 e. The van der Waals surface area contributed by atoms with Gasteiger partial charge in [0, 0.05) is 32.4 Å². The fourth-order valence-corrected chi connectivity index (χ4v) is 3.07. The fraction of sp³-hybridized carbons (Fsp3) is 0.211. The Labute approximate surface area is 161 Å². The predicted octanol–water partition coefficient (Wildman–Crippen LogP) is 2.68. The first-order chi connectivity index (χ1) is 12.8. The van der Waals surface area contributed by atoms with Gasteiger partial charge in [0.15, 0.2) is 0 Å². The monoisotopic (exact) mass is 386 g/mol. The summed E-state index contributed by atoms with van der Waals surface area (Å²) in [6, 6.07) is 9.83. The van der Waals surface area contributed by atoms with E-state index in [0.717, 1.165) is 5.69 Å². The molecule has 2 aromatic carbocycles. The molecule has 2 N–H and O–H groups in total. The van der Waals surface area contributed by atoms with E-state index in [1.807, 2.05) is 11.9 Å². The summed E-state index contributed by atoms with van der Waals surface area (Å²) >= 11 is 6.17. The van der Waals surface area contributed by atoms with E-state index in [1.54, 1.807) is 44.4 Å². The Bertz CT molecular complexity index is 943. The van der Waals surface area contributed by atoms with E-state index in [9.17, 15) is 14.4 Å². The number of benzene rings is 2. The average Bonchev–Trinajstić information content (AvgIpc) is 2.60. The number of hydrogen-bond donors (Lipinski definition) is 2. The summed E-state index contributed by atoms with van der Waals surface area (Å²) in [5, 5.41) is 5.77. The molecule has 1 heterocycles. The lowest BCUT2D eigenvalue weighted by Crippen LogP contribution is -2.35. The van der Waals surface area contributed by atoms with Crippen LogP contribution in [0.5, 0.6) is 0 Å². The van der Waals surface area contributed by atoms with Crippen LogP contribution in [-0.2, 0) is 4.79 Å². The molecule has 0 radical (unpaired) electrons. The molecule has 3 rings (SSSR count). The predicted molar refractivity (Wildman–Crippen MR) is 106 cm³/mol. The van der Waals surface area contributed by atoms with E-state index >= 15 is 0 Å². The Morgan fingerprint density at radius 3 is 2.59 bits per heavy atom. The Morgan fingerprint density at radius 2 is 1.93 bits per heavy atom. The van der Waals surface area contributed by atoms with Crippen molar-refractivity contribution in [2.45, 2.75) is 0 Å². The lowest BCUT2D eigenvalue weighted by atomic mass is 10.1. The first-order valence-electron chi connectivity index (χ1n) is 8.24. The van der Waals surface area contributed by atoms with E-state index in [-0.39, 0.29) is 29.3 Å². The van der Waals surface area contributed by atoms with E-state index in [0.29, 0.717) is 22.5 Å². The fourth-order valence-electron chi connectivity index (χ4n) is 2.81. The van der Waals surface area contributed by atoms with Crippen molar-refractivity contribution in [3.8, 4) is 0 Å². The molecule has 1 aliphatic heterocycles. The van der Waals surface area contributed by atoms with Crippen LogP contribution in [0.15, 0.2) is 36.4 Å². The van der Waals surface area contributed by atoms with Gasteiger partial charge in [0.1, 0.15) is 0 Å². The Hall–Kier alpha value is -3.06. The van der Waals surface area contributed by atoms with Crippen LogP contribution in [-0.4, -0.2) is 50.3 Å². The quantitative estimate of drug-likeness (QED) is 0.849. The molecule has 0 aromatic heterocycles. The van der Waals surface area contributed by atoms with Crippen LogP contribution in [0.4, 0.5) is 17.1 Å². The lowest BCUT2D eigenvalue weighted by Gasteiger charge is -2.27. The Balaban J connectivity index is 1.80. The summed E-state index contributed by atoms with van der Waals surface area (Å²) < 4.78 is 0. The van der Waals surface area contributed by atoms with Gasteiger partial charge >= 0.3 is 0 Å². The molecule has 7 nitrogen and oxygen atoms in total. The average molecular weight is 387 g/mol. The first-order valence-corrected chi connectivity index (χ1v) is 8.61. The zero-order valence-corrected chi connectivity index (χ0v) is 15.9. The van der Waals surface area contributed by atoms with E-state index in [2.05, 4.69) is 10.6 Å².